The Kier molecular flexibility index (Phi) is 4.95. The van der Waals surface area contributed by atoms with Crippen LogP contribution in [0.15, 0.2) is 18.2 Å². The maximum atomic E-state index is 14.1. The Labute approximate surface area is 136 Å². The van der Waals surface area contributed by atoms with Gasteiger partial charge in [0.25, 0.3) is 0 Å². The lowest BCUT2D eigenvalue weighted by atomic mass is 9.92. The normalized spacial score (nSPS) is 21.2. The SMILES string of the molecule is CC[C@@H](c1ccc(F)cc1F)N1CCC(C(=O)NC2CC2)CC1. The fourth-order valence-electron chi connectivity index (χ4n) is 3.47. The molecular weight excluding hydrogens is 298 g/mol. The summed E-state index contributed by atoms with van der Waals surface area (Å²) in [6.45, 7) is 3.56. The summed E-state index contributed by atoms with van der Waals surface area (Å²) in [6, 6.07) is 4.16. The molecule has 3 nitrogen and oxygen atoms in total. The number of hydrogen-bond donors (Lipinski definition) is 1. The molecule has 0 aromatic heterocycles. The third-order valence-corrected chi connectivity index (χ3v) is 4.97. The predicted octanol–water partition coefficient (Wildman–Crippen LogP) is 3.41. The lowest BCUT2D eigenvalue weighted by Gasteiger charge is -2.37. The second-order valence-corrected chi connectivity index (χ2v) is 6.68. The quantitative estimate of drug-likeness (QED) is 0.901. The van der Waals surface area contributed by atoms with E-state index in [4.69, 9.17) is 0 Å². The second kappa shape index (κ2) is 6.95. The molecule has 1 saturated heterocycles. The summed E-state index contributed by atoms with van der Waals surface area (Å²) < 4.78 is 27.2. The first-order valence-electron chi connectivity index (χ1n) is 8.58. The fraction of sp³-hybridized carbons (Fsp3) is 0.611. The third-order valence-electron chi connectivity index (χ3n) is 4.97. The topological polar surface area (TPSA) is 32.3 Å². The summed E-state index contributed by atoms with van der Waals surface area (Å²) in [5.41, 5.74) is 0.551. The number of rotatable bonds is 5. The number of nitrogens with one attached hydrogen (secondary N) is 1. The molecule has 0 radical (unpaired) electrons. The highest BCUT2D eigenvalue weighted by atomic mass is 19.1. The van der Waals surface area contributed by atoms with Gasteiger partial charge >= 0.3 is 0 Å². The average molecular weight is 322 g/mol. The van der Waals surface area contributed by atoms with Gasteiger partial charge < -0.3 is 5.32 Å². The predicted molar refractivity (Wildman–Crippen MR) is 84.9 cm³/mol. The number of amides is 1. The van der Waals surface area contributed by atoms with Crippen molar-refractivity contribution in [1.82, 2.24) is 10.2 Å². The lowest BCUT2D eigenvalue weighted by molar-refractivity contribution is -0.126. The van der Waals surface area contributed by atoms with Crippen molar-refractivity contribution in [3.8, 4) is 0 Å². The van der Waals surface area contributed by atoms with Crippen molar-refractivity contribution in [3.63, 3.8) is 0 Å². The smallest absolute Gasteiger partial charge is 0.223 e. The van der Waals surface area contributed by atoms with Gasteiger partial charge in [0.1, 0.15) is 11.6 Å². The number of piperidine rings is 1. The minimum absolute atomic E-state index is 0.0527. The van der Waals surface area contributed by atoms with Gasteiger partial charge in [-0.2, -0.15) is 0 Å². The van der Waals surface area contributed by atoms with Crippen molar-refractivity contribution in [2.24, 2.45) is 5.92 Å². The highest BCUT2D eigenvalue weighted by Crippen LogP contribution is 2.31. The largest absolute Gasteiger partial charge is 0.353 e. The summed E-state index contributed by atoms with van der Waals surface area (Å²) in [7, 11) is 0. The highest BCUT2D eigenvalue weighted by Gasteiger charge is 2.32. The van der Waals surface area contributed by atoms with Crippen molar-refractivity contribution in [1.29, 1.82) is 0 Å². The molecule has 1 heterocycles. The van der Waals surface area contributed by atoms with Gasteiger partial charge in [0.15, 0.2) is 0 Å². The maximum Gasteiger partial charge on any atom is 0.223 e. The molecule has 1 aromatic rings. The van der Waals surface area contributed by atoms with Crippen molar-refractivity contribution >= 4 is 5.91 Å². The van der Waals surface area contributed by atoms with E-state index in [0.717, 1.165) is 51.3 Å². The molecule has 0 bridgehead atoms. The van der Waals surface area contributed by atoms with E-state index in [1.807, 2.05) is 6.92 Å². The Balaban J connectivity index is 1.61. The van der Waals surface area contributed by atoms with E-state index >= 15 is 0 Å². The summed E-state index contributed by atoms with van der Waals surface area (Å²) in [5, 5.41) is 3.07. The molecule has 0 unspecified atom stereocenters. The molecule has 1 N–H and O–H groups in total. The summed E-state index contributed by atoms with van der Waals surface area (Å²) in [6.07, 6.45) is 4.58. The second-order valence-electron chi connectivity index (χ2n) is 6.68. The van der Waals surface area contributed by atoms with Crippen LogP contribution in [0.25, 0.3) is 0 Å². The van der Waals surface area contributed by atoms with Gasteiger partial charge in [-0.1, -0.05) is 13.0 Å². The number of likely N-dealkylation sites (tertiary alicyclic amines) is 1. The van der Waals surface area contributed by atoms with E-state index in [9.17, 15) is 13.6 Å². The standard InChI is InChI=1S/C18H24F2N2O/c1-2-17(15-6-3-13(19)11-16(15)20)22-9-7-12(8-10-22)18(23)21-14-4-5-14/h3,6,11-12,14,17H,2,4-5,7-10H2,1H3,(H,21,23)/t17-/m0/s1. The first kappa shape index (κ1) is 16.4. The van der Waals surface area contributed by atoms with Crippen molar-refractivity contribution in [3.05, 3.63) is 35.4 Å². The summed E-state index contributed by atoms with van der Waals surface area (Å²) in [4.78, 5) is 14.3. The van der Waals surface area contributed by atoms with Crippen LogP contribution in [0.5, 0.6) is 0 Å². The van der Waals surface area contributed by atoms with Gasteiger partial charge in [-0.05, 0) is 51.3 Å². The third kappa shape index (κ3) is 3.89. The molecule has 1 atom stereocenters. The highest BCUT2D eigenvalue weighted by molar-refractivity contribution is 5.79. The molecule has 1 aliphatic carbocycles. The Morgan fingerprint density at radius 1 is 1.26 bits per heavy atom. The van der Waals surface area contributed by atoms with Crippen molar-refractivity contribution < 1.29 is 13.6 Å². The van der Waals surface area contributed by atoms with E-state index in [1.165, 1.54) is 6.07 Å². The van der Waals surface area contributed by atoms with Crippen LogP contribution in [0.4, 0.5) is 8.78 Å². The zero-order valence-corrected chi connectivity index (χ0v) is 13.5. The van der Waals surface area contributed by atoms with Gasteiger partial charge in [-0.15, -0.1) is 0 Å². The first-order valence-corrected chi connectivity index (χ1v) is 8.58. The molecule has 2 aliphatic rings. The number of benzene rings is 1. The Bertz CT molecular complexity index is 566. The molecule has 1 saturated carbocycles. The van der Waals surface area contributed by atoms with Crippen molar-refractivity contribution in [2.45, 2.75) is 51.1 Å². The number of nitrogens with zero attached hydrogens (tertiary/aromatic N) is 1. The Morgan fingerprint density at radius 2 is 1.96 bits per heavy atom. The van der Waals surface area contributed by atoms with Gasteiger partial charge in [-0.3, -0.25) is 9.69 Å². The monoisotopic (exact) mass is 322 g/mol. The van der Waals surface area contributed by atoms with Crippen LogP contribution in [0, 0.1) is 17.6 Å². The molecule has 0 spiro atoms. The molecular formula is C18H24F2N2O. The van der Waals surface area contributed by atoms with Gasteiger partial charge in [-0.25, -0.2) is 8.78 Å². The molecule has 5 heteroatoms. The first-order chi connectivity index (χ1) is 11.1. The Hall–Kier alpha value is -1.49. The van der Waals surface area contributed by atoms with Gasteiger partial charge in [0.2, 0.25) is 5.91 Å². The Morgan fingerprint density at radius 3 is 2.52 bits per heavy atom. The molecule has 1 aliphatic heterocycles. The average Bonchev–Trinajstić information content (AvgIpc) is 3.34. The molecule has 126 valence electrons. The van der Waals surface area contributed by atoms with Crippen LogP contribution in [0.2, 0.25) is 0 Å². The minimum atomic E-state index is -0.545. The number of carbonyl (C=O) groups excluding carboxylic acids is 1. The maximum absolute atomic E-state index is 14.1. The number of carbonyl (C=O) groups is 1. The summed E-state index contributed by atoms with van der Waals surface area (Å²) in [5.74, 6) is -0.780. The molecule has 1 aromatic carbocycles. The van der Waals surface area contributed by atoms with Gasteiger partial charge in [0.05, 0.1) is 0 Å². The van der Waals surface area contributed by atoms with E-state index in [2.05, 4.69) is 10.2 Å². The van der Waals surface area contributed by atoms with E-state index in [0.29, 0.717) is 11.6 Å². The van der Waals surface area contributed by atoms with Crippen LogP contribution < -0.4 is 5.32 Å². The van der Waals surface area contributed by atoms with Crippen molar-refractivity contribution in [2.75, 3.05) is 13.1 Å². The van der Waals surface area contributed by atoms with Crippen LogP contribution in [-0.2, 0) is 4.79 Å². The van der Waals surface area contributed by atoms with Crippen LogP contribution in [0.3, 0.4) is 0 Å². The van der Waals surface area contributed by atoms with E-state index < -0.39 is 11.6 Å². The summed E-state index contributed by atoms with van der Waals surface area (Å²) >= 11 is 0. The lowest BCUT2D eigenvalue weighted by Crippen LogP contribution is -2.42. The van der Waals surface area contributed by atoms with Gasteiger partial charge in [0, 0.05) is 29.6 Å². The minimum Gasteiger partial charge on any atom is -0.353 e. The van der Waals surface area contributed by atoms with Crippen LogP contribution in [0.1, 0.15) is 50.6 Å². The van der Waals surface area contributed by atoms with E-state index in [1.54, 1.807) is 6.07 Å². The number of halogens is 2. The zero-order valence-electron chi connectivity index (χ0n) is 13.5. The fourth-order valence-corrected chi connectivity index (χ4v) is 3.47. The molecule has 23 heavy (non-hydrogen) atoms. The molecule has 1 amide bonds. The molecule has 2 fully saturated rings. The molecule has 3 rings (SSSR count). The van der Waals surface area contributed by atoms with Crippen LogP contribution in [-0.4, -0.2) is 29.9 Å². The zero-order chi connectivity index (χ0) is 16.4. The number of hydrogen-bond acceptors (Lipinski definition) is 2. The van der Waals surface area contributed by atoms with Crippen LogP contribution >= 0.6 is 0 Å². The van der Waals surface area contributed by atoms with E-state index in [-0.39, 0.29) is 17.9 Å².